The van der Waals surface area contributed by atoms with Gasteiger partial charge in [0.05, 0.1) is 19.3 Å². The van der Waals surface area contributed by atoms with Crippen molar-refractivity contribution < 1.29 is 9.47 Å². The van der Waals surface area contributed by atoms with E-state index < -0.39 is 0 Å². The zero-order valence-corrected chi connectivity index (χ0v) is 11.9. The first-order valence-corrected chi connectivity index (χ1v) is 7.36. The van der Waals surface area contributed by atoms with E-state index in [1.807, 2.05) is 0 Å². The fraction of sp³-hybridized carbons (Fsp3) is 0.625. The Kier molecular flexibility index (Phi) is 6.34. The Morgan fingerprint density at radius 2 is 2.05 bits per heavy atom. The van der Waals surface area contributed by atoms with Crippen molar-refractivity contribution in [1.29, 1.82) is 0 Å². The molecule has 1 aromatic carbocycles. The zero-order chi connectivity index (χ0) is 13.3. The summed E-state index contributed by atoms with van der Waals surface area (Å²) in [5.41, 5.74) is 2.56. The molecule has 1 aliphatic heterocycles. The number of ether oxygens (including phenoxy) is 2. The number of hydrogen-bond donors (Lipinski definition) is 1. The molecule has 1 heterocycles. The summed E-state index contributed by atoms with van der Waals surface area (Å²) in [5, 5.41) is 3.40. The van der Waals surface area contributed by atoms with Gasteiger partial charge in [0.15, 0.2) is 0 Å². The fourth-order valence-electron chi connectivity index (χ4n) is 2.25. The predicted molar refractivity (Wildman–Crippen MR) is 77.1 cm³/mol. The highest BCUT2D eigenvalue weighted by Crippen LogP contribution is 2.13. The molecule has 1 saturated heterocycles. The molecule has 0 aromatic heterocycles. The molecular weight excluding hydrogens is 238 g/mol. The lowest BCUT2D eigenvalue weighted by atomic mass is 10.1. The van der Waals surface area contributed by atoms with Crippen molar-refractivity contribution in [3.05, 3.63) is 35.4 Å². The molecular formula is C16H25NO2. The average molecular weight is 263 g/mol. The molecule has 0 radical (unpaired) electrons. The summed E-state index contributed by atoms with van der Waals surface area (Å²) in [5.74, 6) is 0. The van der Waals surface area contributed by atoms with Gasteiger partial charge in [-0.1, -0.05) is 31.2 Å². The standard InChI is InChI=1S/C16H25NO2/c1-2-9-17-11-14-5-7-15(8-6-14)12-18-13-16-4-3-10-19-16/h5-8,16-17H,2-4,9-13H2,1H3. The molecule has 1 unspecified atom stereocenters. The number of nitrogens with one attached hydrogen (secondary N) is 1. The second-order valence-corrected chi connectivity index (χ2v) is 5.14. The maximum absolute atomic E-state index is 5.70. The smallest absolute Gasteiger partial charge is 0.0809 e. The zero-order valence-electron chi connectivity index (χ0n) is 11.9. The van der Waals surface area contributed by atoms with Gasteiger partial charge >= 0.3 is 0 Å². The Bertz CT molecular complexity index is 344. The van der Waals surface area contributed by atoms with E-state index in [1.165, 1.54) is 24.0 Å². The molecule has 3 heteroatoms. The lowest BCUT2D eigenvalue weighted by Gasteiger charge is -2.10. The number of rotatable bonds is 8. The minimum Gasteiger partial charge on any atom is -0.376 e. The topological polar surface area (TPSA) is 30.5 Å². The Balaban J connectivity index is 1.66. The van der Waals surface area contributed by atoms with Crippen LogP contribution in [0.1, 0.15) is 37.3 Å². The summed E-state index contributed by atoms with van der Waals surface area (Å²) in [6.45, 7) is 6.51. The summed E-state index contributed by atoms with van der Waals surface area (Å²) >= 11 is 0. The molecule has 1 N–H and O–H groups in total. The quantitative estimate of drug-likeness (QED) is 0.732. The van der Waals surface area contributed by atoms with Crippen molar-refractivity contribution in [3.63, 3.8) is 0 Å². The van der Waals surface area contributed by atoms with Crippen LogP contribution in [0.25, 0.3) is 0 Å². The summed E-state index contributed by atoms with van der Waals surface area (Å²) in [7, 11) is 0. The molecule has 3 nitrogen and oxygen atoms in total. The average Bonchev–Trinajstić information content (AvgIpc) is 2.94. The lowest BCUT2D eigenvalue weighted by molar-refractivity contribution is 0.0106. The summed E-state index contributed by atoms with van der Waals surface area (Å²) in [4.78, 5) is 0. The van der Waals surface area contributed by atoms with Crippen molar-refractivity contribution in [2.45, 2.75) is 45.4 Å². The van der Waals surface area contributed by atoms with Gasteiger partial charge in [0, 0.05) is 13.2 Å². The molecule has 0 saturated carbocycles. The normalized spacial score (nSPS) is 18.9. The SMILES string of the molecule is CCCNCc1ccc(COCC2CCCO2)cc1. The molecule has 19 heavy (non-hydrogen) atoms. The molecule has 2 rings (SSSR count). The Morgan fingerprint density at radius 1 is 1.26 bits per heavy atom. The lowest BCUT2D eigenvalue weighted by Crippen LogP contribution is -2.14. The van der Waals surface area contributed by atoms with Gasteiger partial charge in [-0.05, 0) is 36.9 Å². The Labute approximate surface area is 116 Å². The van der Waals surface area contributed by atoms with Gasteiger partial charge in [-0.3, -0.25) is 0 Å². The number of hydrogen-bond acceptors (Lipinski definition) is 3. The molecule has 0 amide bonds. The van der Waals surface area contributed by atoms with Crippen molar-refractivity contribution in [2.75, 3.05) is 19.8 Å². The highest BCUT2D eigenvalue weighted by Gasteiger charge is 2.15. The minimum atomic E-state index is 0.317. The van der Waals surface area contributed by atoms with Crippen molar-refractivity contribution in [3.8, 4) is 0 Å². The molecule has 1 atom stereocenters. The second kappa shape index (κ2) is 8.31. The van der Waals surface area contributed by atoms with Crippen molar-refractivity contribution >= 4 is 0 Å². The van der Waals surface area contributed by atoms with Crippen molar-refractivity contribution in [2.24, 2.45) is 0 Å². The van der Waals surface area contributed by atoms with Crippen LogP contribution >= 0.6 is 0 Å². The van der Waals surface area contributed by atoms with Gasteiger partial charge in [-0.15, -0.1) is 0 Å². The van der Waals surface area contributed by atoms with Gasteiger partial charge in [0.25, 0.3) is 0 Å². The molecule has 1 aromatic rings. The van der Waals surface area contributed by atoms with Crippen LogP contribution in [0.5, 0.6) is 0 Å². The van der Waals surface area contributed by atoms with Gasteiger partial charge in [0.2, 0.25) is 0 Å². The van der Waals surface area contributed by atoms with Crippen LogP contribution in [-0.4, -0.2) is 25.9 Å². The summed E-state index contributed by atoms with van der Waals surface area (Å²) in [6.07, 6.45) is 3.81. The first kappa shape index (κ1) is 14.5. The summed E-state index contributed by atoms with van der Waals surface area (Å²) in [6, 6.07) is 8.65. The maximum Gasteiger partial charge on any atom is 0.0809 e. The molecule has 1 fully saturated rings. The highest BCUT2D eigenvalue weighted by molar-refractivity contribution is 5.21. The van der Waals surface area contributed by atoms with E-state index in [0.29, 0.717) is 12.7 Å². The first-order chi connectivity index (χ1) is 9.38. The van der Waals surface area contributed by atoms with Gasteiger partial charge in [-0.2, -0.15) is 0 Å². The molecule has 106 valence electrons. The van der Waals surface area contributed by atoms with E-state index >= 15 is 0 Å². The van der Waals surface area contributed by atoms with Crippen LogP contribution < -0.4 is 5.32 Å². The highest BCUT2D eigenvalue weighted by atomic mass is 16.5. The van der Waals surface area contributed by atoms with Gasteiger partial charge < -0.3 is 14.8 Å². The van der Waals surface area contributed by atoms with Crippen molar-refractivity contribution in [1.82, 2.24) is 5.32 Å². The third kappa shape index (κ3) is 5.31. The fourth-order valence-corrected chi connectivity index (χ4v) is 2.25. The molecule has 0 spiro atoms. The number of benzene rings is 1. The van der Waals surface area contributed by atoms with Gasteiger partial charge in [-0.25, -0.2) is 0 Å². The molecule has 0 bridgehead atoms. The van der Waals surface area contributed by atoms with E-state index in [1.54, 1.807) is 0 Å². The van der Waals surface area contributed by atoms with Crippen LogP contribution in [0.3, 0.4) is 0 Å². The van der Waals surface area contributed by atoms with E-state index in [2.05, 4.69) is 36.5 Å². The monoisotopic (exact) mass is 263 g/mol. The van der Waals surface area contributed by atoms with E-state index in [4.69, 9.17) is 9.47 Å². The van der Waals surface area contributed by atoms with Crippen LogP contribution in [0.4, 0.5) is 0 Å². The third-order valence-corrected chi connectivity index (χ3v) is 3.38. The largest absolute Gasteiger partial charge is 0.376 e. The second-order valence-electron chi connectivity index (χ2n) is 5.14. The van der Waals surface area contributed by atoms with Crippen LogP contribution in [0, 0.1) is 0 Å². The molecule has 0 aliphatic carbocycles. The predicted octanol–water partition coefficient (Wildman–Crippen LogP) is 2.88. The maximum atomic E-state index is 5.70. The molecule has 1 aliphatic rings. The Hall–Kier alpha value is -0.900. The van der Waals surface area contributed by atoms with Crippen LogP contribution in [-0.2, 0) is 22.6 Å². The minimum absolute atomic E-state index is 0.317. The summed E-state index contributed by atoms with van der Waals surface area (Å²) < 4.78 is 11.2. The third-order valence-electron chi connectivity index (χ3n) is 3.38. The Morgan fingerprint density at radius 3 is 2.74 bits per heavy atom. The first-order valence-electron chi connectivity index (χ1n) is 7.36. The van der Waals surface area contributed by atoms with Crippen LogP contribution in [0.15, 0.2) is 24.3 Å². The van der Waals surface area contributed by atoms with Crippen LogP contribution in [0.2, 0.25) is 0 Å². The van der Waals surface area contributed by atoms with E-state index in [9.17, 15) is 0 Å². The van der Waals surface area contributed by atoms with E-state index in [0.717, 1.165) is 32.7 Å². The van der Waals surface area contributed by atoms with E-state index in [-0.39, 0.29) is 0 Å². The van der Waals surface area contributed by atoms with Gasteiger partial charge in [0.1, 0.15) is 0 Å².